The Morgan fingerprint density at radius 3 is 2.68 bits per heavy atom. The number of amides is 4. The number of hydrogen-bond acceptors (Lipinski definition) is 5. The molecular formula is C19H28N4O4S. The lowest BCUT2D eigenvalue weighted by Crippen LogP contribution is -2.53. The summed E-state index contributed by atoms with van der Waals surface area (Å²) in [7, 11) is 0. The number of hydrogen-bond donors (Lipinski definition) is 2. The van der Waals surface area contributed by atoms with Crippen molar-refractivity contribution < 1.29 is 19.2 Å². The van der Waals surface area contributed by atoms with Crippen LogP contribution in [0.2, 0.25) is 0 Å². The van der Waals surface area contributed by atoms with Gasteiger partial charge < -0.3 is 20.4 Å². The first-order valence-corrected chi connectivity index (χ1v) is 11.6. The number of nitrogens with zero attached hydrogens (tertiary/aromatic N) is 2. The number of carbonyl (C=O) groups is 4. The molecule has 154 valence electrons. The Morgan fingerprint density at radius 1 is 1.21 bits per heavy atom. The highest BCUT2D eigenvalue weighted by molar-refractivity contribution is 7.99. The van der Waals surface area contributed by atoms with Crippen LogP contribution in [0.1, 0.15) is 38.5 Å². The number of rotatable bonds is 4. The van der Waals surface area contributed by atoms with Crippen molar-refractivity contribution in [3.8, 4) is 0 Å². The molecule has 3 heterocycles. The van der Waals surface area contributed by atoms with Gasteiger partial charge in [0.1, 0.15) is 12.1 Å². The van der Waals surface area contributed by atoms with Crippen molar-refractivity contribution in [3.05, 3.63) is 0 Å². The number of likely N-dealkylation sites (tertiary alicyclic amines) is 1. The summed E-state index contributed by atoms with van der Waals surface area (Å²) < 4.78 is 0. The molecule has 0 aromatic carbocycles. The lowest BCUT2D eigenvalue weighted by atomic mass is 10.1. The monoisotopic (exact) mass is 408 g/mol. The highest BCUT2D eigenvalue weighted by atomic mass is 32.2. The molecular weight excluding hydrogens is 380 g/mol. The van der Waals surface area contributed by atoms with E-state index in [1.807, 2.05) is 6.26 Å². The second-order valence-electron chi connectivity index (χ2n) is 8.30. The Labute approximate surface area is 169 Å². The van der Waals surface area contributed by atoms with E-state index in [1.54, 1.807) is 9.80 Å². The standard InChI is InChI=1S/C19H28N4O4S/c1-28-10-15(24)22-7-6-13-16(22)19(27)23-9-12(8-14(23)18(26)21-13)20-17(25)11-4-2-3-5-11/h11-14,16H,2-10H2,1H3,(H,20,25)(H,21,26)/t12-,13-,14+,16-/m0/s1. The van der Waals surface area contributed by atoms with Crippen molar-refractivity contribution in [1.29, 1.82) is 0 Å². The van der Waals surface area contributed by atoms with Gasteiger partial charge in [0.2, 0.25) is 23.6 Å². The quantitative estimate of drug-likeness (QED) is 0.667. The van der Waals surface area contributed by atoms with Crippen molar-refractivity contribution in [2.24, 2.45) is 5.92 Å². The van der Waals surface area contributed by atoms with E-state index in [0.29, 0.717) is 31.7 Å². The third-order valence-corrected chi connectivity index (χ3v) is 7.06. The van der Waals surface area contributed by atoms with E-state index in [2.05, 4.69) is 10.6 Å². The highest BCUT2D eigenvalue weighted by Crippen LogP contribution is 2.30. The Kier molecular flexibility index (Phi) is 5.53. The van der Waals surface area contributed by atoms with Crippen LogP contribution in [0.3, 0.4) is 0 Å². The Morgan fingerprint density at radius 2 is 1.96 bits per heavy atom. The summed E-state index contributed by atoms with van der Waals surface area (Å²) in [6.07, 6.45) is 6.90. The minimum absolute atomic E-state index is 0.0449. The van der Waals surface area contributed by atoms with Gasteiger partial charge in [-0.25, -0.2) is 0 Å². The zero-order valence-corrected chi connectivity index (χ0v) is 17.0. The number of fused-ring (bicyclic) bond motifs is 2. The Hall–Kier alpha value is -1.77. The molecule has 0 aromatic heterocycles. The SMILES string of the molecule is CSCC(=O)N1CC[C@@H]2NC(=O)[C@H]3C[C@H](NC(=O)C4CCCC4)CN3C(=O)[C@H]21. The van der Waals surface area contributed by atoms with Crippen LogP contribution < -0.4 is 10.6 Å². The van der Waals surface area contributed by atoms with Crippen LogP contribution in [0.5, 0.6) is 0 Å². The molecule has 0 aromatic rings. The van der Waals surface area contributed by atoms with Gasteiger partial charge >= 0.3 is 0 Å². The number of thioether (sulfide) groups is 1. The summed E-state index contributed by atoms with van der Waals surface area (Å²) in [5, 5.41) is 6.04. The summed E-state index contributed by atoms with van der Waals surface area (Å²) in [6, 6.07) is -1.72. The lowest BCUT2D eigenvalue weighted by molar-refractivity contribution is -0.143. The molecule has 4 fully saturated rings. The van der Waals surface area contributed by atoms with Gasteiger partial charge in [-0.15, -0.1) is 0 Å². The predicted molar refractivity (Wildman–Crippen MR) is 104 cm³/mol. The zero-order valence-electron chi connectivity index (χ0n) is 16.2. The van der Waals surface area contributed by atoms with Crippen molar-refractivity contribution in [2.75, 3.05) is 25.1 Å². The summed E-state index contributed by atoms with van der Waals surface area (Å²) in [4.78, 5) is 54.2. The molecule has 8 nitrogen and oxygen atoms in total. The highest BCUT2D eigenvalue weighted by Gasteiger charge is 2.52. The molecule has 28 heavy (non-hydrogen) atoms. The smallest absolute Gasteiger partial charge is 0.248 e. The van der Waals surface area contributed by atoms with Crippen LogP contribution in [0.25, 0.3) is 0 Å². The fourth-order valence-electron chi connectivity index (χ4n) is 5.12. The van der Waals surface area contributed by atoms with Gasteiger partial charge in [-0.2, -0.15) is 11.8 Å². The first-order chi connectivity index (χ1) is 13.5. The van der Waals surface area contributed by atoms with Crippen LogP contribution >= 0.6 is 11.8 Å². The molecule has 2 N–H and O–H groups in total. The van der Waals surface area contributed by atoms with E-state index in [1.165, 1.54) is 11.8 Å². The van der Waals surface area contributed by atoms with E-state index in [0.717, 1.165) is 25.7 Å². The van der Waals surface area contributed by atoms with Crippen LogP contribution in [-0.4, -0.2) is 82.7 Å². The molecule has 0 bridgehead atoms. The third-order valence-electron chi connectivity index (χ3n) is 6.53. The third kappa shape index (κ3) is 3.49. The van der Waals surface area contributed by atoms with Gasteiger partial charge in [0.05, 0.1) is 11.8 Å². The zero-order chi connectivity index (χ0) is 19.8. The molecule has 1 aliphatic carbocycles. The molecule has 0 unspecified atom stereocenters. The van der Waals surface area contributed by atoms with Gasteiger partial charge in [0, 0.05) is 25.0 Å². The second kappa shape index (κ2) is 7.93. The molecule has 1 saturated carbocycles. The first-order valence-electron chi connectivity index (χ1n) is 10.2. The van der Waals surface area contributed by atoms with Crippen LogP contribution in [0.4, 0.5) is 0 Å². The van der Waals surface area contributed by atoms with Crippen molar-refractivity contribution in [3.63, 3.8) is 0 Å². The topological polar surface area (TPSA) is 98.8 Å². The number of nitrogens with one attached hydrogen (secondary N) is 2. The molecule has 0 spiro atoms. The van der Waals surface area contributed by atoms with Crippen molar-refractivity contribution in [2.45, 2.75) is 62.7 Å². The van der Waals surface area contributed by atoms with Crippen molar-refractivity contribution in [1.82, 2.24) is 20.4 Å². The van der Waals surface area contributed by atoms with E-state index in [-0.39, 0.29) is 41.6 Å². The maximum absolute atomic E-state index is 13.3. The maximum Gasteiger partial charge on any atom is 0.248 e. The van der Waals surface area contributed by atoms with E-state index >= 15 is 0 Å². The predicted octanol–water partition coefficient (Wildman–Crippen LogP) is -0.275. The normalized spacial score (nSPS) is 32.8. The van der Waals surface area contributed by atoms with Crippen LogP contribution in [0.15, 0.2) is 0 Å². The summed E-state index contributed by atoms with van der Waals surface area (Å²) >= 11 is 1.43. The van der Waals surface area contributed by atoms with Crippen molar-refractivity contribution >= 4 is 35.4 Å². The molecule has 9 heteroatoms. The van der Waals surface area contributed by atoms with Gasteiger partial charge in [-0.05, 0) is 31.9 Å². The van der Waals surface area contributed by atoms with E-state index in [4.69, 9.17) is 0 Å². The minimum Gasteiger partial charge on any atom is -0.351 e. The average molecular weight is 409 g/mol. The van der Waals surface area contributed by atoms with Gasteiger partial charge in [-0.3, -0.25) is 19.2 Å². The largest absolute Gasteiger partial charge is 0.351 e. The Bertz CT molecular complexity index is 681. The van der Waals surface area contributed by atoms with Crippen LogP contribution in [0, 0.1) is 5.92 Å². The van der Waals surface area contributed by atoms with Crippen LogP contribution in [-0.2, 0) is 19.2 Å². The average Bonchev–Trinajstić information content (AvgIpc) is 3.39. The van der Waals surface area contributed by atoms with Gasteiger partial charge in [-0.1, -0.05) is 12.8 Å². The molecule has 4 aliphatic rings. The maximum atomic E-state index is 13.3. The van der Waals surface area contributed by atoms with Gasteiger partial charge in [0.25, 0.3) is 0 Å². The molecule has 4 rings (SSSR count). The summed E-state index contributed by atoms with van der Waals surface area (Å²) in [5.74, 6) is 0.0303. The number of carbonyl (C=O) groups excluding carboxylic acids is 4. The molecule has 0 radical (unpaired) electrons. The Balaban J connectivity index is 1.47. The van der Waals surface area contributed by atoms with Gasteiger partial charge in [0.15, 0.2) is 0 Å². The molecule has 3 saturated heterocycles. The first kappa shape index (κ1) is 19.5. The summed E-state index contributed by atoms with van der Waals surface area (Å²) in [6.45, 7) is 0.824. The molecule has 3 aliphatic heterocycles. The van der Waals surface area contributed by atoms with E-state index < -0.39 is 12.1 Å². The van der Waals surface area contributed by atoms with E-state index in [9.17, 15) is 19.2 Å². The lowest BCUT2D eigenvalue weighted by Gasteiger charge is -2.29. The second-order valence-corrected chi connectivity index (χ2v) is 9.16. The minimum atomic E-state index is -0.627. The molecule has 4 amide bonds. The fourth-order valence-corrected chi connectivity index (χ4v) is 5.54. The molecule has 4 atom stereocenters. The summed E-state index contributed by atoms with van der Waals surface area (Å²) in [5.41, 5.74) is 0. The fraction of sp³-hybridized carbons (Fsp3) is 0.789.